The van der Waals surface area contributed by atoms with Crippen LogP contribution in [-0.2, 0) is 6.42 Å². The van der Waals surface area contributed by atoms with Gasteiger partial charge in [-0.05, 0) is 19.3 Å². The Bertz CT molecular complexity index is 407. The molecule has 4 nitrogen and oxygen atoms in total. The standard InChI is InChI=1S/C13H21F3N4/c1-3-6-10-11(17-2)19-9-20-12(10)18-8-5-4-7-13(14,15)16/h9H,3-8H2,1-2H3,(H2,17,18,19,20). The molecule has 114 valence electrons. The van der Waals surface area contributed by atoms with Crippen molar-refractivity contribution in [2.75, 3.05) is 24.2 Å². The van der Waals surface area contributed by atoms with Gasteiger partial charge in [0.25, 0.3) is 0 Å². The molecule has 0 aliphatic carbocycles. The lowest BCUT2D eigenvalue weighted by Gasteiger charge is -2.13. The first-order valence-electron chi connectivity index (χ1n) is 6.80. The summed E-state index contributed by atoms with van der Waals surface area (Å²) in [4.78, 5) is 8.31. The van der Waals surface area contributed by atoms with Crippen LogP contribution in [0.2, 0.25) is 0 Å². The molecule has 1 aromatic heterocycles. The fraction of sp³-hybridized carbons (Fsp3) is 0.692. The minimum atomic E-state index is -4.07. The van der Waals surface area contributed by atoms with E-state index in [-0.39, 0.29) is 6.42 Å². The summed E-state index contributed by atoms with van der Waals surface area (Å²) in [5.74, 6) is 1.47. The van der Waals surface area contributed by atoms with Crippen LogP contribution in [0.1, 0.15) is 38.2 Å². The Morgan fingerprint density at radius 2 is 1.85 bits per heavy atom. The van der Waals surface area contributed by atoms with E-state index in [2.05, 4.69) is 27.5 Å². The van der Waals surface area contributed by atoms with Crippen molar-refractivity contribution in [2.45, 2.75) is 45.2 Å². The Hall–Kier alpha value is -1.53. The normalized spacial score (nSPS) is 11.4. The summed E-state index contributed by atoms with van der Waals surface area (Å²) in [6.07, 6.45) is -0.993. The predicted molar refractivity (Wildman–Crippen MR) is 74.0 cm³/mol. The Labute approximate surface area is 117 Å². The van der Waals surface area contributed by atoms with Gasteiger partial charge in [0.1, 0.15) is 18.0 Å². The molecular weight excluding hydrogens is 269 g/mol. The molecule has 2 N–H and O–H groups in total. The van der Waals surface area contributed by atoms with Gasteiger partial charge >= 0.3 is 6.18 Å². The number of hydrogen-bond acceptors (Lipinski definition) is 4. The molecule has 0 aliphatic heterocycles. The van der Waals surface area contributed by atoms with Gasteiger partial charge in [0.2, 0.25) is 0 Å². The van der Waals surface area contributed by atoms with Crippen LogP contribution in [0.15, 0.2) is 6.33 Å². The Morgan fingerprint density at radius 3 is 2.45 bits per heavy atom. The van der Waals surface area contributed by atoms with Crippen LogP contribution < -0.4 is 10.6 Å². The summed E-state index contributed by atoms with van der Waals surface area (Å²) in [6.45, 7) is 2.53. The molecule has 1 heterocycles. The summed E-state index contributed by atoms with van der Waals surface area (Å²) in [5, 5.41) is 6.10. The Balaban J connectivity index is 2.51. The first kappa shape index (κ1) is 16.5. The van der Waals surface area contributed by atoms with Crippen molar-refractivity contribution < 1.29 is 13.2 Å². The van der Waals surface area contributed by atoms with E-state index in [1.807, 2.05) is 0 Å². The molecule has 20 heavy (non-hydrogen) atoms. The van der Waals surface area contributed by atoms with Crippen LogP contribution >= 0.6 is 0 Å². The fourth-order valence-electron chi connectivity index (χ4n) is 1.92. The van der Waals surface area contributed by atoms with E-state index < -0.39 is 12.6 Å². The summed E-state index contributed by atoms with van der Waals surface area (Å²) in [5.41, 5.74) is 0.980. The number of anilines is 2. The SMILES string of the molecule is CCCc1c(NC)ncnc1NCCCCC(F)(F)F. The number of hydrogen-bond donors (Lipinski definition) is 2. The van der Waals surface area contributed by atoms with Crippen molar-refractivity contribution in [3.05, 3.63) is 11.9 Å². The molecule has 0 bridgehead atoms. The van der Waals surface area contributed by atoms with Crippen molar-refractivity contribution >= 4 is 11.6 Å². The van der Waals surface area contributed by atoms with Crippen LogP contribution in [0, 0.1) is 0 Å². The number of nitrogens with zero attached hydrogens (tertiary/aromatic N) is 2. The second kappa shape index (κ2) is 7.91. The second-order valence-corrected chi connectivity index (χ2v) is 4.55. The van der Waals surface area contributed by atoms with Gasteiger partial charge in [-0.3, -0.25) is 0 Å². The van der Waals surface area contributed by atoms with Crippen molar-refractivity contribution in [2.24, 2.45) is 0 Å². The molecule has 0 fully saturated rings. The maximum Gasteiger partial charge on any atom is 0.389 e. The zero-order chi connectivity index (χ0) is 15.0. The molecule has 1 aromatic rings. The first-order valence-corrected chi connectivity index (χ1v) is 6.80. The third-order valence-electron chi connectivity index (χ3n) is 2.86. The molecule has 0 aliphatic rings. The molecule has 0 spiro atoms. The maximum atomic E-state index is 12.0. The van der Waals surface area contributed by atoms with Crippen molar-refractivity contribution in [1.82, 2.24) is 9.97 Å². The van der Waals surface area contributed by atoms with Crippen molar-refractivity contribution in [3.63, 3.8) is 0 Å². The monoisotopic (exact) mass is 290 g/mol. The van der Waals surface area contributed by atoms with E-state index in [9.17, 15) is 13.2 Å². The predicted octanol–water partition coefficient (Wildman–Crippen LogP) is 3.62. The minimum Gasteiger partial charge on any atom is -0.373 e. The Morgan fingerprint density at radius 1 is 1.15 bits per heavy atom. The number of unbranched alkanes of at least 4 members (excludes halogenated alkanes) is 1. The average Bonchev–Trinajstić information content (AvgIpc) is 2.38. The van der Waals surface area contributed by atoms with Crippen molar-refractivity contribution in [1.29, 1.82) is 0 Å². The third-order valence-corrected chi connectivity index (χ3v) is 2.86. The highest BCUT2D eigenvalue weighted by atomic mass is 19.4. The summed E-state index contributed by atoms with van der Waals surface area (Å²) >= 11 is 0. The molecular formula is C13H21F3N4. The van der Waals surface area contributed by atoms with E-state index in [0.29, 0.717) is 18.8 Å². The average molecular weight is 290 g/mol. The van der Waals surface area contributed by atoms with E-state index >= 15 is 0 Å². The second-order valence-electron chi connectivity index (χ2n) is 4.55. The van der Waals surface area contributed by atoms with Gasteiger partial charge in [0.15, 0.2) is 0 Å². The summed E-state index contributed by atoms with van der Waals surface area (Å²) in [7, 11) is 1.79. The number of aromatic nitrogens is 2. The minimum absolute atomic E-state index is 0.129. The van der Waals surface area contributed by atoms with Crippen LogP contribution in [0.5, 0.6) is 0 Å². The van der Waals surface area contributed by atoms with Gasteiger partial charge in [-0.15, -0.1) is 0 Å². The summed E-state index contributed by atoms with van der Waals surface area (Å²) in [6, 6.07) is 0. The van der Waals surface area contributed by atoms with Gasteiger partial charge in [-0.2, -0.15) is 13.2 Å². The van der Waals surface area contributed by atoms with Gasteiger partial charge < -0.3 is 10.6 Å². The molecule has 7 heteroatoms. The molecule has 0 radical (unpaired) electrons. The molecule has 0 atom stereocenters. The molecule has 0 unspecified atom stereocenters. The molecule has 0 aromatic carbocycles. The van der Waals surface area contributed by atoms with E-state index in [4.69, 9.17) is 0 Å². The van der Waals surface area contributed by atoms with Crippen molar-refractivity contribution in [3.8, 4) is 0 Å². The quantitative estimate of drug-likeness (QED) is 0.718. The molecule has 0 amide bonds. The summed E-state index contributed by atoms with van der Waals surface area (Å²) < 4.78 is 36.1. The van der Waals surface area contributed by atoms with Gasteiger partial charge in [-0.25, -0.2) is 9.97 Å². The topological polar surface area (TPSA) is 49.8 Å². The first-order chi connectivity index (χ1) is 9.48. The largest absolute Gasteiger partial charge is 0.389 e. The van der Waals surface area contributed by atoms with Crippen LogP contribution in [-0.4, -0.2) is 29.7 Å². The molecule has 0 saturated heterocycles. The molecule has 1 rings (SSSR count). The van der Waals surface area contributed by atoms with Crippen LogP contribution in [0.4, 0.5) is 24.8 Å². The van der Waals surface area contributed by atoms with Crippen LogP contribution in [0.25, 0.3) is 0 Å². The lowest BCUT2D eigenvalue weighted by atomic mass is 10.1. The number of halogens is 3. The smallest absolute Gasteiger partial charge is 0.373 e. The zero-order valence-corrected chi connectivity index (χ0v) is 11.8. The Kier molecular flexibility index (Phi) is 6.54. The van der Waals surface area contributed by atoms with Gasteiger partial charge in [0.05, 0.1) is 0 Å². The zero-order valence-electron chi connectivity index (χ0n) is 11.8. The van der Waals surface area contributed by atoms with Crippen LogP contribution in [0.3, 0.4) is 0 Å². The number of rotatable bonds is 8. The highest BCUT2D eigenvalue weighted by molar-refractivity contribution is 5.57. The lowest BCUT2D eigenvalue weighted by Crippen LogP contribution is -2.11. The number of nitrogens with one attached hydrogen (secondary N) is 2. The highest BCUT2D eigenvalue weighted by Crippen LogP contribution is 2.23. The van der Waals surface area contributed by atoms with E-state index in [1.165, 1.54) is 6.33 Å². The van der Waals surface area contributed by atoms with E-state index in [1.54, 1.807) is 7.05 Å². The van der Waals surface area contributed by atoms with Gasteiger partial charge in [-0.1, -0.05) is 13.3 Å². The van der Waals surface area contributed by atoms with Gasteiger partial charge in [0, 0.05) is 25.6 Å². The third kappa shape index (κ3) is 5.63. The van der Waals surface area contributed by atoms with E-state index in [0.717, 1.165) is 24.2 Å². The fourth-order valence-corrected chi connectivity index (χ4v) is 1.92. The number of alkyl halides is 3. The molecule has 0 saturated carbocycles. The lowest BCUT2D eigenvalue weighted by molar-refractivity contribution is -0.135. The highest BCUT2D eigenvalue weighted by Gasteiger charge is 2.25. The maximum absolute atomic E-state index is 12.0.